The Balaban J connectivity index is 2.24. The second kappa shape index (κ2) is 7.06. The number of carbonyl (C=O) groups is 1. The van der Waals surface area contributed by atoms with E-state index in [4.69, 9.17) is 4.74 Å². The summed E-state index contributed by atoms with van der Waals surface area (Å²) in [6.45, 7) is 5.80. The van der Waals surface area contributed by atoms with Crippen molar-refractivity contribution in [2.75, 3.05) is 0 Å². The Morgan fingerprint density at radius 1 is 1.27 bits per heavy atom. The number of allylic oxidation sites excluding steroid dienone is 1. The van der Waals surface area contributed by atoms with Crippen molar-refractivity contribution in [3.8, 4) is 11.8 Å². The summed E-state index contributed by atoms with van der Waals surface area (Å²) in [5.74, 6) is 0.545. The molecule has 1 heterocycles. The first kappa shape index (κ1) is 16.0. The number of thiophene rings is 1. The fourth-order valence-electron chi connectivity index (χ4n) is 1.96. The minimum atomic E-state index is -0.225. The molecule has 1 aromatic carbocycles. The van der Waals surface area contributed by atoms with Crippen LogP contribution in [0.25, 0.3) is 6.08 Å². The first-order chi connectivity index (χ1) is 10.5. The average molecular weight is 311 g/mol. The predicted molar refractivity (Wildman–Crippen MR) is 89.2 cm³/mol. The number of ether oxygens (including phenoxy) is 1. The minimum Gasteiger partial charge on any atom is -0.491 e. The summed E-state index contributed by atoms with van der Waals surface area (Å²) in [6.07, 6.45) is 1.72. The number of nitriles is 1. The highest BCUT2D eigenvalue weighted by Crippen LogP contribution is 2.21. The average Bonchev–Trinajstić information content (AvgIpc) is 2.91. The van der Waals surface area contributed by atoms with Gasteiger partial charge in [-0.2, -0.15) is 5.26 Å². The Kier molecular flexibility index (Phi) is 5.13. The number of benzene rings is 1. The smallest absolute Gasteiger partial charge is 0.213 e. The van der Waals surface area contributed by atoms with Crippen molar-refractivity contribution in [2.24, 2.45) is 0 Å². The van der Waals surface area contributed by atoms with E-state index in [0.29, 0.717) is 4.88 Å². The minimum absolute atomic E-state index is 0.111. The molecule has 0 aliphatic carbocycles. The number of ketones is 1. The van der Waals surface area contributed by atoms with Crippen LogP contribution in [-0.2, 0) is 0 Å². The lowest BCUT2D eigenvalue weighted by Gasteiger charge is -2.09. The number of Topliss-reactive ketones (excluding diaryl/α,β-unsaturated/α-hetero) is 1. The molecule has 112 valence electrons. The van der Waals surface area contributed by atoms with Crippen LogP contribution in [0.5, 0.6) is 5.75 Å². The summed E-state index contributed by atoms with van der Waals surface area (Å²) >= 11 is 1.36. The lowest BCUT2D eigenvalue weighted by atomic mass is 10.1. The van der Waals surface area contributed by atoms with Crippen molar-refractivity contribution in [3.05, 3.63) is 57.3 Å². The van der Waals surface area contributed by atoms with Crippen LogP contribution in [0.15, 0.2) is 41.3 Å². The molecule has 0 atom stereocenters. The highest BCUT2D eigenvalue weighted by atomic mass is 32.1. The number of hydrogen-bond donors (Lipinski definition) is 0. The van der Waals surface area contributed by atoms with Gasteiger partial charge in [0.1, 0.15) is 17.4 Å². The number of hydrogen-bond acceptors (Lipinski definition) is 4. The molecular formula is C18H17NO2S. The summed E-state index contributed by atoms with van der Waals surface area (Å²) in [5.41, 5.74) is 1.84. The van der Waals surface area contributed by atoms with Crippen LogP contribution in [-0.4, -0.2) is 11.9 Å². The summed E-state index contributed by atoms with van der Waals surface area (Å²) in [6, 6.07) is 11.2. The van der Waals surface area contributed by atoms with Gasteiger partial charge in [-0.3, -0.25) is 4.79 Å². The van der Waals surface area contributed by atoms with Crippen LogP contribution in [0.2, 0.25) is 0 Å². The predicted octanol–water partition coefficient (Wildman–Crippen LogP) is 4.63. The molecule has 0 bridgehead atoms. The molecule has 0 amide bonds. The normalized spacial score (nSPS) is 11.3. The van der Waals surface area contributed by atoms with E-state index in [1.54, 1.807) is 6.08 Å². The summed E-state index contributed by atoms with van der Waals surface area (Å²) in [4.78, 5) is 13.0. The Morgan fingerprint density at radius 3 is 2.45 bits per heavy atom. The molecule has 1 aromatic heterocycles. The van der Waals surface area contributed by atoms with Gasteiger partial charge in [-0.15, -0.1) is 11.3 Å². The van der Waals surface area contributed by atoms with E-state index in [-0.39, 0.29) is 17.5 Å². The van der Waals surface area contributed by atoms with Crippen molar-refractivity contribution >= 4 is 23.2 Å². The van der Waals surface area contributed by atoms with Gasteiger partial charge >= 0.3 is 0 Å². The number of rotatable bonds is 5. The third-order valence-electron chi connectivity index (χ3n) is 3.00. The van der Waals surface area contributed by atoms with E-state index >= 15 is 0 Å². The van der Waals surface area contributed by atoms with E-state index in [9.17, 15) is 10.1 Å². The van der Waals surface area contributed by atoms with Gasteiger partial charge in [0, 0.05) is 0 Å². The molecule has 4 heteroatoms. The van der Waals surface area contributed by atoms with Crippen LogP contribution in [0.4, 0.5) is 0 Å². The topological polar surface area (TPSA) is 50.1 Å². The van der Waals surface area contributed by atoms with Gasteiger partial charge in [-0.25, -0.2) is 0 Å². The van der Waals surface area contributed by atoms with E-state index in [1.165, 1.54) is 11.3 Å². The first-order valence-corrected chi connectivity index (χ1v) is 7.86. The van der Waals surface area contributed by atoms with Crippen molar-refractivity contribution < 1.29 is 9.53 Å². The second-order valence-electron chi connectivity index (χ2n) is 5.17. The molecule has 0 N–H and O–H groups in total. The molecule has 2 rings (SSSR count). The van der Waals surface area contributed by atoms with Crippen LogP contribution < -0.4 is 4.74 Å². The molecule has 0 saturated carbocycles. The van der Waals surface area contributed by atoms with E-state index in [0.717, 1.165) is 16.9 Å². The zero-order chi connectivity index (χ0) is 16.1. The number of aryl methyl sites for hydroxylation is 1. The molecule has 0 fully saturated rings. The third kappa shape index (κ3) is 3.84. The second-order valence-corrected chi connectivity index (χ2v) is 6.08. The fraction of sp³-hybridized carbons (Fsp3) is 0.222. The van der Waals surface area contributed by atoms with Gasteiger partial charge in [0.25, 0.3) is 0 Å². The van der Waals surface area contributed by atoms with Crippen LogP contribution >= 0.6 is 11.3 Å². The van der Waals surface area contributed by atoms with Crippen molar-refractivity contribution in [1.29, 1.82) is 5.26 Å². The lowest BCUT2D eigenvalue weighted by Crippen LogP contribution is -2.05. The van der Waals surface area contributed by atoms with Gasteiger partial charge in [-0.1, -0.05) is 12.1 Å². The SMILES string of the molecule is Cc1ccsc1C(=O)C(C#N)=Cc1ccc(OC(C)C)cc1. The molecular weight excluding hydrogens is 294 g/mol. The highest BCUT2D eigenvalue weighted by Gasteiger charge is 2.15. The van der Waals surface area contributed by atoms with Crippen molar-refractivity contribution in [3.63, 3.8) is 0 Å². The van der Waals surface area contributed by atoms with Gasteiger partial charge in [0.05, 0.1) is 11.0 Å². The maximum absolute atomic E-state index is 12.4. The Labute approximate surface area is 134 Å². The Hall–Kier alpha value is -2.38. The molecule has 0 saturated heterocycles. The lowest BCUT2D eigenvalue weighted by molar-refractivity contribution is 0.104. The monoisotopic (exact) mass is 311 g/mol. The molecule has 0 aliphatic heterocycles. The molecule has 0 aliphatic rings. The number of carbonyl (C=O) groups excluding carboxylic acids is 1. The zero-order valence-electron chi connectivity index (χ0n) is 12.8. The maximum atomic E-state index is 12.4. The first-order valence-electron chi connectivity index (χ1n) is 6.98. The van der Waals surface area contributed by atoms with E-state index in [1.807, 2.05) is 62.6 Å². The van der Waals surface area contributed by atoms with Crippen LogP contribution in [0, 0.1) is 18.3 Å². The molecule has 0 spiro atoms. The van der Waals surface area contributed by atoms with Gasteiger partial charge in [-0.05, 0) is 61.6 Å². The zero-order valence-corrected chi connectivity index (χ0v) is 13.6. The number of nitrogens with zero attached hydrogens (tertiary/aromatic N) is 1. The summed E-state index contributed by atoms with van der Waals surface area (Å²) in [7, 11) is 0. The molecule has 0 radical (unpaired) electrons. The van der Waals surface area contributed by atoms with Gasteiger partial charge in [0.2, 0.25) is 5.78 Å². The Bertz CT molecular complexity index is 733. The van der Waals surface area contributed by atoms with Crippen LogP contribution in [0.3, 0.4) is 0 Å². The standard InChI is InChI=1S/C18H17NO2S/c1-12(2)21-16-6-4-14(5-7-16)10-15(11-19)17(20)18-13(3)8-9-22-18/h4-10,12H,1-3H3. The van der Waals surface area contributed by atoms with Gasteiger partial charge in [0.15, 0.2) is 0 Å². The molecule has 22 heavy (non-hydrogen) atoms. The fourth-order valence-corrected chi connectivity index (χ4v) is 2.84. The largest absolute Gasteiger partial charge is 0.491 e. The van der Waals surface area contributed by atoms with Crippen LogP contribution in [0.1, 0.15) is 34.6 Å². The van der Waals surface area contributed by atoms with Gasteiger partial charge < -0.3 is 4.74 Å². The molecule has 0 unspecified atom stereocenters. The summed E-state index contributed by atoms with van der Waals surface area (Å²) < 4.78 is 5.57. The van der Waals surface area contributed by atoms with Crippen molar-refractivity contribution in [2.45, 2.75) is 26.9 Å². The molecule has 3 nitrogen and oxygen atoms in total. The highest BCUT2D eigenvalue weighted by molar-refractivity contribution is 7.12. The van der Waals surface area contributed by atoms with Crippen molar-refractivity contribution in [1.82, 2.24) is 0 Å². The third-order valence-corrected chi connectivity index (χ3v) is 4.01. The summed E-state index contributed by atoms with van der Waals surface area (Å²) in [5, 5.41) is 11.1. The Morgan fingerprint density at radius 2 is 1.95 bits per heavy atom. The van der Waals surface area contributed by atoms with E-state index < -0.39 is 0 Å². The van der Waals surface area contributed by atoms with E-state index in [2.05, 4.69) is 0 Å². The molecule has 2 aromatic rings. The quantitative estimate of drug-likeness (QED) is 0.459. The maximum Gasteiger partial charge on any atom is 0.213 e.